The number of hydrogen-bond donors (Lipinski definition) is 1. The number of aryl methyl sites for hydroxylation is 1. The highest BCUT2D eigenvalue weighted by molar-refractivity contribution is 7.17. The summed E-state index contributed by atoms with van der Waals surface area (Å²) in [6.45, 7) is 5.91. The molecule has 0 aliphatic carbocycles. The SMILES string of the molecule is CC[C@H](C)NC(=O)c1sc(-c2cccnc2)nc1C. The van der Waals surface area contributed by atoms with Gasteiger partial charge in [-0.15, -0.1) is 11.3 Å². The van der Waals surface area contributed by atoms with Crippen LogP contribution in [0.5, 0.6) is 0 Å². The van der Waals surface area contributed by atoms with Gasteiger partial charge >= 0.3 is 0 Å². The van der Waals surface area contributed by atoms with Crippen molar-refractivity contribution in [3.8, 4) is 10.6 Å². The van der Waals surface area contributed by atoms with Crippen LogP contribution in [0.3, 0.4) is 0 Å². The average molecular weight is 275 g/mol. The fourth-order valence-corrected chi connectivity index (χ4v) is 2.57. The smallest absolute Gasteiger partial charge is 0.263 e. The topological polar surface area (TPSA) is 54.9 Å². The van der Waals surface area contributed by atoms with Gasteiger partial charge in [0.2, 0.25) is 0 Å². The molecular formula is C14H17N3OS. The van der Waals surface area contributed by atoms with Gasteiger partial charge in [-0.05, 0) is 32.4 Å². The molecule has 0 saturated heterocycles. The summed E-state index contributed by atoms with van der Waals surface area (Å²) in [4.78, 5) is 21.3. The van der Waals surface area contributed by atoms with Crippen molar-refractivity contribution in [2.24, 2.45) is 0 Å². The van der Waals surface area contributed by atoms with E-state index in [2.05, 4.69) is 15.3 Å². The van der Waals surface area contributed by atoms with Crippen LogP contribution in [0.4, 0.5) is 0 Å². The van der Waals surface area contributed by atoms with E-state index in [0.717, 1.165) is 22.7 Å². The minimum absolute atomic E-state index is 0.0421. The van der Waals surface area contributed by atoms with E-state index in [1.807, 2.05) is 32.9 Å². The van der Waals surface area contributed by atoms with Gasteiger partial charge in [-0.3, -0.25) is 9.78 Å². The monoisotopic (exact) mass is 275 g/mol. The number of rotatable bonds is 4. The summed E-state index contributed by atoms with van der Waals surface area (Å²) < 4.78 is 0. The Bertz CT molecular complexity index is 565. The molecule has 4 nitrogen and oxygen atoms in total. The van der Waals surface area contributed by atoms with Gasteiger partial charge in [0.25, 0.3) is 5.91 Å². The van der Waals surface area contributed by atoms with Crippen molar-refractivity contribution in [2.75, 3.05) is 0 Å². The normalized spacial score (nSPS) is 12.2. The maximum Gasteiger partial charge on any atom is 0.263 e. The highest BCUT2D eigenvalue weighted by Gasteiger charge is 2.17. The molecule has 1 atom stereocenters. The van der Waals surface area contributed by atoms with Gasteiger partial charge in [-0.25, -0.2) is 4.98 Å². The van der Waals surface area contributed by atoms with Gasteiger partial charge in [0.15, 0.2) is 0 Å². The van der Waals surface area contributed by atoms with Crippen LogP contribution in [0, 0.1) is 6.92 Å². The fourth-order valence-electron chi connectivity index (χ4n) is 1.61. The molecule has 1 N–H and O–H groups in total. The molecule has 1 amide bonds. The lowest BCUT2D eigenvalue weighted by Gasteiger charge is -2.09. The molecule has 0 aromatic carbocycles. The Labute approximate surface area is 116 Å². The van der Waals surface area contributed by atoms with Gasteiger partial charge in [0.1, 0.15) is 9.88 Å². The number of amides is 1. The maximum absolute atomic E-state index is 12.1. The summed E-state index contributed by atoms with van der Waals surface area (Å²) in [7, 11) is 0. The van der Waals surface area contributed by atoms with Crippen LogP contribution in [0.1, 0.15) is 35.6 Å². The van der Waals surface area contributed by atoms with Crippen LogP contribution in [-0.2, 0) is 0 Å². The van der Waals surface area contributed by atoms with E-state index in [4.69, 9.17) is 0 Å². The molecule has 0 unspecified atom stereocenters. The number of aromatic nitrogens is 2. The van der Waals surface area contributed by atoms with Gasteiger partial charge in [-0.1, -0.05) is 6.92 Å². The van der Waals surface area contributed by atoms with Crippen molar-refractivity contribution in [1.29, 1.82) is 0 Å². The molecule has 100 valence electrons. The van der Waals surface area contributed by atoms with E-state index >= 15 is 0 Å². The van der Waals surface area contributed by atoms with Gasteiger partial charge in [-0.2, -0.15) is 0 Å². The minimum atomic E-state index is -0.0421. The van der Waals surface area contributed by atoms with E-state index in [0.29, 0.717) is 4.88 Å². The molecule has 2 heterocycles. The first kappa shape index (κ1) is 13.7. The van der Waals surface area contributed by atoms with Crippen molar-refractivity contribution in [1.82, 2.24) is 15.3 Å². The molecule has 2 aromatic rings. The predicted molar refractivity (Wildman–Crippen MR) is 77.3 cm³/mol. The summed E-state index contributed by atoms with van der Waals surface area (Å²) in [6.07, 6.45) is 4.40. The Kier molecular flexibility index (Phi) is 4.27. The minimum Gasteiger partial charge on any atom is -0.349 e. The molecule has 19 heavy (non-hydrogen) atoms. The zero-order valence-electron chi connectivity index (χ0n) is 11.3. The first-order valence-corrected chi connectivity index (χ1v) is 7.12. The number of carbonyl (C=O) groups is 1. The quantitative estimate of drug-likeness (QED) is 0.933. The Hall–Kier alpha value is -1.75. The van der Waals surface area contributed by atoms with Crippen LogP contribution in [0.15, 0.2) is 24.5 Å². The Morgan fingerprint density at radius 3 is 2.95 bits per heavy atom. The molecule has 0 aliphatic rings. The number of nitrogens with zero attached hydrogens (tertiary/aromatic N) is 2. The second-order valence-electron chi connectivity index (χ2n) is 4.46. The van der Waals surface area contributed by atoms with Crippen molar-refractivity contribution in [3.63, 3.8) is 0 Å². The van der Waals surface area contributed by atoms with E-state index in [1.54, 1.807) is 12.4 Å². The Balaban J connectivity index is 2.24. The zero-order valence-corrected chi connectivity index (χ0v) is 12.1. The molecule has 2 rings (SSSR count). The molecule has 5 heteroatoms. The van der Waals surface area contributed by atoms with E-state index < -0.39 is 0 Å². The van der Waals surface area contributed by atoms with E-state index in [-0.39, 0.29) is 11.9 Å². The summed E-state index contributed by atoms with van der Waals surface area (Å²) in [5.41, 5.74) is 1.71. The van der Waals surface area contributed by atoms with Crippen molar-refractivity contribution >= 4 is 17.2 Å². The molecule has 0 aliphatic heterocycles. The summed E-state index contributed by atoms with van der Waals surface area (Å²) in [5, 5.41) is 3.80. The summed E-state index contributed by atoms with van der Waals surface area (Å²) in [6, 6.07) is 3.99. The van der Waals surface area contributed by atoms with Gasteiger partial charge in [0.05, 0.1) is 5.69 Å². The lowest BCUT2D eigenvalue weighted by molar-refractivity contribution is 0.0942. The standard InChI is InChI=1S/C14H17N3OS/c1-4-9(2)16-13(18)12-10(3)17-14(19-12)11-6-5-7-15-8-11/h5-9H,4H2,1-3H3,(H,16,18)/t9-/m0/s1. The van der Waals surface area contributed by atoms with Crippen molar-refractivity contribution in [3.05, 3.63) is 35.1 Å². The van der Waals surface area contributed by atoms with Crippen LogP contribution < -0.4 is 5.32 Å². The molecule has 0 fully saturated rings. The van der Waals surface area contributed by atoms with Gasteiger partial charge in [0, 0.05) is 24.0 Å². The molecule has 0 radical (unpaired) electrons. The van der Waals surface area contributed by atoms with E-state index in [9.17, 15) is 4.79 Å². The van der Waals surface area contributed by atoms with Gasteiger partial charge < -0.3 is 5.32 Å². The first-order chi connectivity index (χ1) is 9.11. The number of carbonyl (C=O) groups excluding carboxylic acids is 1. The van der Waals surface area contributed by atoms with Crippen LogP contribution in [0.2, 0.25) is 0 Å². The van der Waals surface area contributed by atoms with Crippen LogP contribution in [0.25, 0.3) is 10.6 Å². The zero-order chi connectivity index (χ0) is 13.8. The third-order valence-electron chi connectivity index (χ3n) is 2.90. The highest BCUT2D eigenvalue weighted by atomic mass is 32.1. The van der Waals surface area contributed by atoms with E-state index in [1.165, 1.54) is 11.3 Å². The van der Waals surface area contributed by atoms with Crippen LogP contribution in [-0.4, -0.2) is 21.9 Å². The third-order valence-corrected chi connectivity index (χ3v) is 4.11. The fraction of sp³-hybridized carbons (Fsp3) is 0.357. The third kappa shape index (κ3) is 3.17. The lowest BCUT2D eigenvalue weighted by atomic mass is 10.2. The summed E-state index contributed by atoms with van der Waals surface area (Å²) in [5.74, 6) is -0.0421. The number of hydrogen-bond acceptors (Lipinski definition) is 4. The average Bonchev–Trinajstić information content (AvgIpc) is 2.81. The first-order valence-electron chi connectivity index (χ1n) is 6.30. The molecule has 2 aromatic heterocycles. The number of pyridine rings is 1. The van der Waals surface area contributed by atoms with Crippen LogP contribution >= 0.6 is 11.3 Å². The maximum atomic E-state index is 12.1. The lowest BCUT2D eigenvalue weighted by Crippen LogP contribution is -2.31. The molecule has 0 bridgehead atoms. The number of thiazole rings is 1. The Morgan fingerprint density at radius 1 is 1.53 bits per heavy atom. The largest absolute Gasteiger partial charge is 0.349 e. The predicted octanol–water partition coefficient (Wildman–Crippen LogP) is 3.04. The van der Waals surface area contributed by atoms with Crippen molar-refractivity contribution < 1.29 is 4.79 Å². The number of nitrogens with one attached hydrogen (secondary N) is 1. The Morgan fingerprint density at radius 2 is 2.32 bits per heavy atom. The second-order valence-corrected chi connectivity index (χ2v) is 5.46. The summed E-state index contributed by atoms with van der Waals surface area (Å²) >= 11 is 1.41. The highest BCUT2D eigenvalue weighted by Crippen LogP contribution is 2.27. The second kappa shape index (κ2) is 5.93. The van der Waals surface area contributed by atoms with Crippen molar-refractivity contribution in [2.45, 2.75) is 33.2 Å². The molecular weight excluding hydrogens is 258 g/mol. The molecule has 0 spiro atoms. The molecule has 0 saturated carbocycles.